The monoisotopic (exact) mass is 349 g/mol. The maximum Gasteiger partial charge on any atom is 0.277 e. The SMILES string of the molecule is CCN(CC)c1nc2c(sc3ccccc32)c(=O)n1-c1ccccc1. The van der Waals surface area contributed by atoms with Crippen molar-refractivity contribution in [2.24, 2.45) is 0 Å². The van der Waals surface area contributed by atoms with Gasteiger partial charge in [-0.05, 0) is 32.0 Å². The highest BCUT2D eigenvalue weighted by molar-refractivity contribution is 7.25. The summed E-state index contributed by atoms with van der Waals surface area (Å²) in [5.41, 5.74) is 1.65. The van der Waals surface area contributed by atoms with Crippen LogP contribution in [0.3, 0.4) is 0 Å². The first kappa shape index (κ1) is 15.8. The van der Waals surface area contributed by atoms with E-state index in [-0.39, 0.29) is 5.56 Å². The van der Waals surface area contributed by atoms with E-state index in [4.69, 9.17) is 4.98 Å². The van der Waals surface area contributed by atoms with Crippen molar-refractivity contribution in [3.63, 3.8) is 0 Å². The van der Waals surface area contributed by atoms with Gasteiger partial charge in [0.15, 0.2) is 0 Å². The number of rotatable bonds is 4. The van der Waals surface area contributed by atoms with Gasteiger partial charge in [0.1, 0.15) is 4.70 Å². The van der Waals surface area contributed by atoms with Crippen LogP contribution in [-0.4, -0.2) is 22.6 Å². The Morgan fingerprint density at radius 3 is 2.40 bits per heavy atom. The molecule has 2 aromatic carbocycles. The maximum absolute atomic E-state index is 13.4. The first-order valence-electron chi connectivity index (χ1n) is 8.49. The van der Waals surface area contributed by atoms with Crippen LogP contribution in [0.1, 0.15) is 13.8 Å². The molecule has 4 rings (SSSR count). The fourth-order valence-corrected chi connectivity index (χ4v) is 4.23. The second kappa shape index (κ2) is 6.33. The second-order valence-electron chi connectivity index (χ2n) is 5.84. The normalized spacial score (nSPS) is 11.3. The van der Waals surface area contributed by atoms with Gasteiger partial charge in [-0.3, -0.25) is 4.79 Å². The summed E-state index contributed by atoms with van der Waals surface area (Å²) >= 11 is 1.52. The molecule has 0 unspecified atom stereocenters. The fraction of sp³-hybridized carbons (Fsp3) is 0.200. The largest absolute Gasteiger partial charge is 0.342 e. The molecule has 126 valence electrons. The summed E-state index contributed by atoms with van der Waals surface area (Å²) < 4.78 is 3.55. The lowest BCUT2D eigenvalue weighted by molar-refractivity contribution is 0.788. The van der Waals surface area contributed by atoms with Crippen molar-refractivity contribution in [1.82, 2.24) is 9.55 Å². The molecule has 0 saturated heterocycles. The molecule has 0 aliphatic carbocycles. The van der Waals surface area contributed by atoms with Crippen LogP contribution in [0.4, 0.5) is 5.95 Å². The van der Waals surface area contributed by atoms with Gasteiger partial charge in [-0.25, -0.2) is 9.55 Å². The molecule has 2 aromatic heterocycles. The molecule has 0 spiro atoms. The van der Waals surface area contributed by atoms with Crippen LogP contribution in [-0.2, 0) is 0 Å². The van der Waals surface area contributed by atoms with Gasteiger partial charge >= 0.3 is 0 Å². The zero-order valence-electron chi connectivity index (χ0n) is 14.3. The predicted octanol–water partition coefficient (Wildman–Crippen LogP) is 4.45. The standard InChI is InChI=1S/C20H19N3OS/c1-3-22(4-2)20-21-17-15-12-8-9-13-16(15)25-18(17)19(24)23(20)14-10-6-5-7-11-14/h5-13H,3-4H2,1-2H3. The predicted molar refractivity (Wildman–Crippen MR) is 106 cm³/mol. The Bertz CT molecular complexity index is 1090. The average Bonchev–Trinajstić information content (AvgIpc) is 3.03. The molecule has 0 bridgehead atoms. The number of fused-ring (bicyclic) bond motifs is 3. The van der Waals surface area contributed by atoms with Crippen molar-refractivity contribution >= 4 is 37.6 Å². The molecule has 0 saturated carbocycles. The van der Waals surface area contributed by atoms with Crippen molar-refractivity contribution in [3.8, 4) is 5.69 Å². The molecule has 2 heterocycles. The lowest BCUT2D eigenvalue weighted by Gasteiger charge is -2.23. The van der Waals surface area contributed by atoms with Crippen LogP contribution in [0.15, 0.2) is 59.4 Å². The molecule has 4 nitrogen and oxygen atoms in total. The Morgan fingerprint density at radius 1 is 1.00 bits per heavy atom. The molecule has 25 heavy (non-hydrogen) atoms. The van der Waals surface area contributed by atoms with Crippen molar-refractivity contribution in [2.75, 3.05) is 18.0 Å². The van der Waals surface area contributed by atoms with Gasteiger partial charge in [-0.2, -0.15) is 0 Å². The van der Waals surface area contributed by atoms with Crippen LogP contribution in [0, 0.1) is 0 Å². The summed E-state index contributed by atoms with van der Waals surface area (Å²) in [6, 6.07) is 17.8. The number of thiophene rings is 1. The molecular formula is C20H19N3OS. The first-order valence-corrected chi connectivity index (χ1v) is 9.31. The number of anilines is 1. The molecule has 0 aliphatic rings. The van der Waals surface area contributed by atoms with Crippen molar-refractivity contribution < 1.29 is 0 Å². The van der Waals surface area contributed by atoms with E-state index in [0.29, 0.717) is 10.6 Å². The third-order valence-electron chi connectivity index (χ3n) is 4.44. The number of para-hydroxylation sites is 1. The Balaban J connectivity index is 2.14. The molecular weight excluding hydrogens is 330 g/mol. The van der Waals surface area contributed by atoms with Crippen molar-refractivity contribution in [2.45, 2.75) is 13.8 Å². The van der Waals surface area contributed by atoms with Crippen molar-refractivity contribution in [3.05, 3.63) is 65.0 Å². The van der Waals surface area contributed by atoms with Crippen LogP contribution < -0.4 is 10.5 Å². The Labute approximate surface area is 150 Å². The Kier molecular flexibility index (Phi) is 4.01. The number of nitrogens with zero attached hydrogens (tertiary/aromatic N) is 3. The molecule has 0 fully saturated rings. The molecule has 0 radical (unpaired) electrons. The summed E-state index contributed by atoms with van der Waals surface area (Å²) in [5, 5.41) is 1.05. The number of hydrogen-bond acceptors (Lipinski definition) is 4. The van der Waals surface area contributed by atoms with Gasteiger partial charge in [-0.1, -0.05) is 36.4 Å². The van der Waals surface area contributed by atoms with E-state index in [2.05, 4.69) is 18.7 Å². The quantitative estimate of drug-likeness (QED) is 0.546. The lowest BCUT2D eigenvalue weighted by Crippen LogP contribution is -2.31. The minimum Gasteiger partial charge on any atom is -0.342 e. The Hall–Kier alpha value is -2.66. The third-order valence-corrected chi connectivity index (χ3v) is 5.59. The van der Waals surface area contributed by atoms with Crippen molar-refractivity contribution in [1.29, 1.82) is 0 Å². The zero-order valence-corrected chi connectivity index (χ0v) is 15.1. The summed E-state index contributed by atoms with van der Waals surface area (Å²) in [5.74, 6) is 0.706. The minimum absolute atomic E-state index is 0.000648. The maximum atomic E-state index is 13.4. The summed E-state index contributed by atoms with van der Waals surface area (Å²) in [6.07, 6.45) is 0. The summed E-state index contributed by atoms with van der Waals surface area (Å²) in [6.45, 7) is 5.76. The van der Waals surface area contributed by atoms with Gasteiger partial charge in [0.2, 0.25) is 5.95 Å². The molecule has 0 atom stereocenters. The van der Waals surface area contributed by atoms with E-state index in [1.54, 1.807) is 4.57 Å². The minimum atomic E-state index is -0.000648. The van der Waals surface area contributed by atoms with E-state index in [1.807, 2.05) is 54.6 Å². The van der Waals surface area contributed by atoms with E-state index in [1.165, 1.54) is 11.3 Å². The highest BCUT2D eigenvalue weighted by atomic mass is 32.1. The van der Waals surface area contributed by atoms with Gasteiger partial charge in [-0.15, -0.1) is 11.3 Å². The zero-order chi connectivity index (χ0) is 17.4. The molecule has 0 aliphatic heterocycles. The number of benzene rings is 2. The van der Waals surface area contributed by atoms with Gasteiger partial charge < -0.3 is 4.90 Å². The first-order chi connectivity index (χ1) is 12.2. The molecule has 0 amide bonds. The fourth-order valence-electron chi connectivity index (χ4n) is 3.16. The van der Waals surface area contributed by atoms with Crippen LogP contribution in [0.2, 0.25) is 0 Å². The van der Waals surface area contributed by atoms with E-state index in [0.717, 1.165) is 34.4 Å². The van der Waals surface area contributed by atoms with Crippen LogP contribution >= 0.6 is 11.3 Å². The average molecular weight is 349 g/mol. The van der Waals surface area contributed by atoms with E-state index in [9.17, 15) is 4.79 Å². The van der Waals surface area contributed by atoms with Gasteiger partial charge in [0.05, 0.1) is 11.2 Å². The highest BCUT2D eigenvalue weighted by Gasteiger charge is 2.19. The number of hydrogen-bond donors (Lipinski definition) is 0. The van der Waals surface area contributed by atoms with Gasteiger partial charge in [0, 0.05) is 23.2 Å². The number of aromatic nitrogens is 2. The molecule has 5 heteroatoms. The highest BCUT2D eigenvalue weighted by Crippen LogP contribution is 2.32. The smallest absolute Gasteiger partial charge is 0.277 e. The van der Waals surface area contributed by atoms with Gasteiger partial charge in [0.25, 0.3) is 5.56 Å². The topological polar surface area (TPSA) is 38.1 Å². The summed E-state index contributed by atoms with van der Waals surface area (Å²) in [4.78, 5) is 20.4. The Morgan fingerprint density at radius 2 is 1.68 bits per heavy atom. The van der Waals surface area contributed by atoms with E-state index >= 15 is 0 Å². The lowest BCUT2D eigenvalue weighted by atomic mass is 10.2. The third kappa shape index (κ3) is 2.51. The van der Waals surface area contributed by atoms with Crippen LogP contribution in [0.5, 0.6) is 0 Å². The second-order valence-corrected chi connectivity index (χ2v) is 6.89. The summed E-state index contributed by atoms with van der Waals surface area (Å²) in [7, 11) is 0. The van der Waals surface area contributed by atoms with Crippen LogP contribution in [0.25, 0.3) is 26.0 Å². The molecule has 0 N–H and O–H groups in total. The molecule has 4 aromatic rings. The van der Waals surface area contributed by atoms with E-state index < -0.39 is 0 Å².